The fraction of sp³-hybridized carbons (Fsp3) is 0.721. The molecule has 2 atom stereocenters. The Bertz CT molecular complexity index is 1090. The van der Waals surface area contributed by atoms with Gasteiger partial charge in [0.2, 0.25) is 0 Å². The summed E-state index contributed by atoms with van der Waals surface area (Å²) in [6.07, 6.45) is 41.2. The molecule has 1 unspecified atom stereocenters. The molecule has 0 aromatic heterocycles. The minimum Gasteiger partial charge on any atom is -0.462 e. The molecule has 1 N–H and O–H groups in total. The summed E-state index contributed by atoms with van der Waals surface area (Å²) >= 11 is 0. The van der Waals surface area contributed by atoms with Crippen LogP contribution in [0.4, 0.5) is 0 Å². The number of ether oxygens (including phenoxy) is 2. The van der Waals surface area contributed by atoms with Gasteiger partial charge in [0.15, 0.2) is 6.10 Å². The number of carbonyl (C=O) groups excluding carboxylic acids is 2. The van der Waals surface area contributed by atoms with Crippen molar-refractivity contribution in [3.63, 3.8) is 0 Å². The molecule has 9 nitrogen and oxygen atoms in total. The van der Waals surface area contributed by atoms with E-state index in [9.17, 15) is 19.0 Å². The Morgan fingerprint density at radius 3 is 1.66 bits per heavy atom. The molecule has 0 heterocycles. The van der Waals surface area contributed by atoms with Gasteiger partial charge in [-0.25, -0.2) is 4.57 Å². The highest BCUT2D eigenvalue weighted by Crippen LogP contribution is 2.43. The SMILES string of the molecule is CC/C=C/C=C/C=C/C=C/CCCCCCCC(=O)OC[C@H](COP(=O)(O)OCC[N+](C)(C)C)OC(=O)CCCCCCC/C=C/CCCCCCC. The monoisotopic (exact) mass is 767 g/mol. The van der Waals surface area contributed by atoms with Crippen LogP contribution in [-0.4, -0.2) is 74.9 Å². The van der Waals surface area contributed by atoms with Crippen molar-refractivity contribution >= 4 is 19.8 Å². The third-order valence-electron chi connectivity index (χ3n) is 8.38. The summed E-state index contributed by atoms with van der Waals surface area (Å²) in [5.74, 6) is -0.842. The average molecular weight is 767 g/mol. The van der Waals surface area contributed by atoms with E-state index in [0.717, 1.165) is 70.6 Å². The second-order valence-electron chi connectivity index (χ2n) is 14.7. The number of likely N-dealkylation sites (N-methyl/N-ethyl adjacent to an activating group) is 1. The lowest BCUT2D eigenvalue weighted by atomic mass is 10.1. The van der Waals surface area contributed by atoms with Gasteiger partial charge in [-0.15, -0.1) is 0 Å². The number of allylic oxidation sites excluding steroid dienone is 10. The number of quaternary nitrogens is 1. The van der Waals surface area contributed by atoms with E-state index in [1.807, 2.05) is 51.5 Å². The molecule has 0 saturated carbocycles. The van der Waals surface area contributed by atoms with Crippen molar-refractivity contribution < 1.29 is 42.1 Å². The number of phosphoric acid groups is 1. The highest BCUT2D eigenvalue weighted by molar-refractivity contribution is 7.47. The molecule has 0 saturated heterocycles. The number of hydrogen-bond donors (Lipinski definition) is 1. The largest absolute Gasteiger partial charge is 0.472 e. The first kappa shape index (κ1) is 50.7. The minimum atomic E-state index is -4.38. The van der Waals surface area contributed by atoms with Crippen molar-refractivity contribution in [1.29, 1.82) is 0 Å². The minimum absolute atomic E-state index is 0.0232. The summed E-state index contributed by atoms with van der Waals surface area (Å²) in [5.41, 5.74) is 0. The first-order valence-electron chi connectivity index (χ1n) is 20.6. The molecule has 0 spiro atoms. The van der Waals surface area contributed by atoms with Crippen molar-refractivity contribution in [2.24, 2.45) is 0 Å². The molecule has 10 heteroatoms. The van der Waals surface area contributed by atoms with Gasteiger partial charge in [0.25, 0.3) is 0 Å². The zero-order chi connectivity index (χ0) is 39.3. The van der Waals surface area contributed by atoms with Crippen molar-refractivity contribution in [2.45, 2.75) is 155 Å². The summed E-state index contributed by atoms with van der Waals surface area (Å²) in [6.45, 7) is 4.21. The number of unbranched alkanes of at least 4 members (excludes halogenated alkanes) is 15. The van der Waals surface area contributed by atoms with Crippen LogP contribution in [0.5, 0.6) is 0 Å². The first-order chi connectivity index (χ1) is 25.5. The highest BCUT2D eigenvalue weighted by atomic mass is 31.2. The van der Waals surface area contributed by atoms with E-state index in [1.54, 1.807) is 0 Å². The van der Waals surface area contributed by atoms with Crippen molar-refractivity contribution in [2.75, 3.05) is 47.5 Å². The fourth-order valence-electron chi connectivity index (χ4n) is 5.13. The van der Waals surface area contributed by atoms with Gasteiger partial charge < -0.3 is 18.9 Å². The highest BCUT2D eigenvalue weighted by Gasteiger charge is 2.27. The number of hydrogen-bond acceptors (Lipinski definition) is 7. The van der Waals surface area contributed by atoms with Crippen LogP contribution < -0.4 is 0 Å². The van der Waals surface area contributed by atoms with Gasteiger partial charge in [-0.2, -0.15) is 0 Å². The van der Waals surface area contributed by atoms with E-state index in [2.05, 4.69) is 44.2 Å². The molecule has 306 valence electrons. The first-order valence-corrected chi connectivity index (χ1v) is 22.1. The van der Waals surface area contributed by atoms with Gasteiger partial charge in [0.1, 0.15) is 19.8 Å². The molecule has 0 aliphatic rings. The van der Waals surface area contributed by atoms with Crippen LogP contribution >= 0.6 is 7.82 Å². The maximum Gasteiger partial charge on any atom is 0.472 e. The predicted molar refractivity (Wildman–Crippen MR) is 219 cm³/mol. The third-order valence-corrected chi connectivity index (χ3v) is 9.36. The van der Waals surface area contributed by atoms with Crippen LogP contribution in [0, 0.1) is 0 Å². The lowest BCUT2D eigenvalue weighted by Crippen LogP contribution is -2.37. The van der Waals surface area contributed by atoms with Crippen LogP contribution in [0.25, 0.3) is 0 Å². The van der Waals surface area contributed by atoms with Gasteiger partial charge in [-0.3, -0.25) is 18.6 Å². The number of rotatable bonds is 36. The molecular formula is C43H77NO8P+. The van der Waals surface area contributed by atoms with Crippen LogP contribution in [0.1, 0.15) is 149 Å². The van der Waals surface area contributed by atoms with Gasteiger partial charge in [0.05, 0.1) is 27.7 Å². The second-order valence-corrected chi connectivity index (χ2v) is 16.2. The topological polar surface area (TPSA) is 108 Å². The van der Waals surface area contributed by atoms with Crippen molar-refractivity contribution in [1.82, 2.24) is 0 Å². The second kappa shape index (κ2) is 35.4. The van der Waals surface area contributed by atoms with Gasteiger partial charge in [-0.05, 0) is 57.8 Å². The Balaban J connectivity index is 4.47. The summed E-state index contributed by atoms with van der Waals surface area (Å²) in [5, 5.41) is 0. The maximum absolute atomic E-state index is 12.6. The number of phosphoric ester groups is 1. The van der Waals surface area contributed by atoms with Crippen LogP contribution in [-0.2, 0) is 32.7 Å². The normalized spacial score (nSPS) is 14.3. The third kappa shape index (κ3) is 39.2. The van der Waals surface area contributed by atoms with E-state index in [-0.39, 0.29) is 26.1 Å². The van der Waals surface area contributed by atoms with Crippen LogP contribution in [0.15, 0.2) is 60.8 Å². The molecule has 0 aliphatic carbocycles. The quantitative estimate of drug-likeness (QED) is 0.0168. The Morgan fingerprint density at radius 1 is 0.604 bits per heavy atom. The molecule has 0 bridgehead atoms. The zero-order valence-corrected chi connectivity index (χ0v) is 35.1. The maximum atomic E-state index is 12.6. The molecule has 0 aromatic carbocycles. The molecule has 0 amide bonds. The Hall–Kier alpha value is -2.29. The fourth-order valence-corrected chi connectivity index (χ4v) is 5.88. The molecule has 0 aliphatic heterocycles. The number of esters is 2. The Kier molecular flexibility index (Phi) is 33.9. The van der Waals surface area contributed by atoms with Gasteiger partial charge in [-0.1, -0.05) is 139 Å². The molecular weight excluding hydrogens is 689 g/mol. The van der Waals surface area contributed by atoms with Crippen LogP contribution in [0.2, 0.25) is 0 Å². The van der Waals surface area contributed by atoms with Gasteiger partial charge in [0, 0.05) is 12.8 Å². The average Bonchev–Trinajstić information content (AvgIpc) is 3.10. The Labute approximate surface area is 324 Å². The molecule has 0 aromatic rings. The molecule has 0 rings (SSSR count). The van der Waals surface area contributed by atoms with Crippen molar-refractivity contribution in [3.8, 4) is 0 Å². The zero-order valence-electron chi connectivity index (χ0n) is 34.2. The van der Waals surface area contributed by atoms with E-state index in [0.29, 0.717) is 23.9 Å². The van der Waals surface area contributed by atoms with Crippen molar-refractivity contribution in [3.05, 3.63) is 60.8 Å². The van der Waals surface area contributed by atoms with Gasteiger partial charge >= 0.3 is 19.8 Å². The standard InChI is InChI=1S/C43H76NO8P/c1-6-8-10-12-14-16-18-20-22-24-25-27-29-31-33-35-42(45)49-39-41(40-51-53(47,48)50-38-37-44(3,4)5)52-43(46)36-34-32-30-28-26-23-21-19-17-15-13-11-9-7-2/h8,10,12,14,16,18-22,41H,6-7,9,11,13,15,17,23-40H2,1-5H3/p+1/b10-8+,14-12+,18-16+,21-19+,22-20+/t41-/m1/s1. The Morgan fingerprint density at radius 2 is 1.09 bits per heavy atom. The van der Waals surface area contributed by atoms with Crippen LogP contribution in [0.3, 0.4) is 0 Å². The summed E-state index contributed by atoms with van der Waals surface area (Å²) in [4.78, 5) is 35.3. The lowest BCUT2D eigenvalue weighted by Gasteiger charge is -2.24. The molecule has 0 radical (unpaired) electrons. The molecule has 53 heavy (non-hydrogen) atoms. The smallest absolute Gasteiger partial charge is 0.462 e. The van der Waals surface area contributed by atoms with E-state index in [1.165, 1.54) is 38.5 Å². The van der Waals surface area contributed by atoms with E-state index >= 15 is 0 Å². The summed E-state index contributed by atoms with van der Waals surface area (Å²) in [7, 11) is 1.45. The van der Waals surface area contributed by atoms with E-state index < -0.39 is 32.5 Å². The lowest BCUT2D eigenvalue weighted by molar-refractivity contribution is -0.870. The predicted octanol–water partition coefficient (Wildman–Crippen LogP) is 11.3. The summed E-state index contributed by atoms with van der Waals surface area (Å²) in [6, 6.07) is 0. The van der Waals surface area contributed by atoms with E-state index in [4.69, 9.17) is 18.5 Å². The molecule has 0 fully saturated rings. The number of nitrogens with zero attached hydrogens (tertiary/aromatic N) is 1. The summed E-state index contributed by atoms with van der Waals surface area (Å²) < 4.78 is 34.2. The number of carbonyl (C=O) groups is 2.